The van der Waals surface area contributed by atoms with E-state index in [4.69, 9.17) is 0 Å². The Hall–Kier alpha value is -3.49. The second-order valence-corrected chi connectivity index (χ2v) is 10.8. The first-order valence-electron chi connectivity index (χ1n) is 12.8. The number of H-pyrrole nitrogens is 1. The zero-order chi connectivity index (χ0) is 25.6. The fraction of sp³-hybridized carbons (Fsp3) is 0.519. The van der Waals surface area contributed by atoms with E-state index in [9.17, 15) is 9.59 Å². The number of hydrogen-bond donors (Lipinski definition) is 3. The third-order valence-electron chi connectivity index (χ3n) is 7.57. The molecule has 3 aromatic heterocycles. The molecule has 0 aliphatic heterocycles. The summed E-state index contributed by atoms with van der Waals surface area (Å²) in [6.07, 6.45) is 7.70. The number of carbonyl (C=O) groups is 2. The number of pyridine rings is 1. The molecule has 3 heterocycles. The third kappa shape index (κ3) is 4.54. The summed E-state index contributed by atoms with van der Waals surface area (Å²) in [5.74, 6) is 0.526. The minimum Gasteiger partial charge on any atom is -0.336 e. The van der Waals surface area contributed by atoms with E-state index in [0.29, 0.717) is 23.2 Å². The molecule has 2 saturated carbocycles. The summed E-state index contributed by atoms with van der Waals surface area (Å²) in [7, 11) is 0. The molecule has 36 heavy (non-hydrogen) atoms. The molecule has 9 heteroatoms. The van der Waals surface area contributed by atoms with Gasteiger partial charge in [-0.1, -0.05) is 0 Å². The van der Waals surface area contributed by atoms with Crippen LogP contribution in [0.15, 0.2) is 30.6 Å². The van der Waals surface area contributed by atoms with Gasteiger partial charge in [0.1, 0.15) is 11.2 Å². The Labute approximate surface area is 211 Å². The second-order valence-electron chi connectivity index (χ2n) is 10.8. The minimum atomic E-state index is -1.05. The zero-order valence-electron chi connectivity index (χ0n) is 21.6. The molecule has 3 aromatic rings. The molecule has 2 aliphatic carbocycles. The van der Waals surface area contributed by atoms with Crippen molar-refractivity contribution in [2.45, 2.75) is 71.9 Å². The van der Waals surface area contributed by atoms with Gasteiger partial charge in [-0.15, -0.1) is 0 Å². The lowest BCUT2D eigenvalue weighted by molar-refractivity contribution is -0.124. The smallest absolute Gasteiger partial charge is 0.270 e. The minimum absolute atomic E-state index is 0.0376. The average molecular weight is 490 g/mol. The Balaban J connectivity index is 1.41. The molecule has 2 aliphatic rings. The molecule has 0 bridgehead atoms. The number of nitrogens with one attached hydrogen (secondary N) is 3. The Kier molecular flexibility index (Phi) is 6.18. The Morgan fingerprint density at radius 3 is 2.33 bits per heavy atom. The highest BCUT2D eigenvalue weighted by Gasteiger charge is 2.55. The van der Waals surface area contributed by atoms with Crippen LogP contribution in [0.1, 0.15) is 74.4 Å². The number of nitrogens with zero attached hydrogens (tertiary/aromatic N) is 4. The van der Waals surface area contributed by atoms with Gasteiger partial charge in [-0.05, 0) is 96.3 Å². The summed E-state index contributed by atoms with van der Waals surface area (Å²) in [5, 5.41) is 17.7. The van der Waals surface area contributed by atoms with Crippen LogP contribution in [0.2, 0.25) is 0 Å². The first kappa shape index (κ1) is 24.2. The van der Waals surface area contributed by atoms with E-state index in [1.807, 2.05) is 46.8 Å². The molecule has 2 fully saturated rings. The van der Waals surface area contributed by atoms with Crippen molar-refractivity contribution in [1.29, 1.82) is 0 Å². The van der Waals surface area contributed by atoms with Gasteiger partial charge in [0, 0.05) is 23.5 Å². The molecule has 3 N–H and O–H groups in total. The van der Waals surface area contributed by atoms with Gasteiger partial charge in [-0.25, -0.2) is 0 Å². The molecular formula is C27H35N7O2. The predicted molar refractivity (Wildman–Crippen MR) is 137 cm³/mol. The highest BCUT2D eigenvalue weighted by molar-refractivity contribution is 6.03. The van der Waals surface area contributed by atoms with E-state index in [2.05, 4.69) is 30.9 Å². The molecule has 1 unspecified atom stereocenters. The van der Waals surface area contributed by atoms with Crippen molar-refractivity contribution in [1.82, 2.24) is 30.3 Å². The van der Waals surface area contributed by atoms with Gasteiger partial charge in [0.2, 0.25) is 5.91 Å². The average Bonchev–Trinajstić information content (AvgIpc) is 3.77. The maximum absolute atomic E-state index is 13.9. The zero-order valence-corrected chi connectivity index (χ0v) is 21.6. The fourth-order valence-electron chi connectivity index (χ4n) is 5.54. The Morgan fingerprint density at radius 1 is 1.11 bits per heavy atom. The van der Waals surface area contributed by atoms with Crippen LogP contribution >= 0.6 is 0 Å². The molecule has 0 radical (unpaired) electrons. The van der Waals surface area contributed by atoms with E-state index in [1.54, 1.807) is 23.1 Å². The highest BCUT2D eigenvalue weighted by atomic mass is 16.2. The van der Waals surface area contributed by atoms with Crippen molar-refractivity contribution in [3.8, 4) is 11.3 Å². The molecule has 9 nitrogen and oxygen atoms in total. The lowest BCUT2D eigenvalue weighted by Crippen LogP contribution is -2.60. The van der Waals surface area contributed by atoms with Crippen molar-refractivity contribution in [3.63, 3.8) is 0 Å². The van der Waals surface area contributed by atoms with Crippen LogP contribution in [0, 0.1) is 31.6 Å². The van der Waals surface area contributed by atoms with Gasteiger partial charge in [-0.2, -0.15) is 10.2 Å². The van der Waals surface area contributed by atoms with Crippen LogP contribution in [0.5, 0.6) is 0 Å². The van der Waals surface area contributed by atoms with E-state index >= 15 is 0 Å². The van der Waals surface area contributed by atoms with E-state index in [-0.39, 0.29) is 23.8 Å². The van der Waals surface area contributed by atoms with E-state index < -0.39 is 5.54 Å². The lowest BCUT2D eigenvalue weighted by Gasteiger charge is -2.38. The van der Waals surface area contributed by atoms with Gasteiger partial charge < -0.3 is 10.6 Å². The number of amides is 2. The predicted octanol–water partition coefficient (Wildman–Crippen LogP) is 4.43. The van der Waals surface area contributed by atoms with Gasteiger partial charge in [0.25, 0.3) is 5.91 Å². The normalized spacial score (nSPS) is 17.3. The van der Waals surface area contributed by atoms with Gasteiger partial charge in [0.15, 0.2) is 0 Å². The number of anilines is 1. The lowest BCUT2D eigenvalue weighted by atomic mass is 9.77. The Morgan fingerprint density at radius 2 is 1.81 bits per heavy atom. The summed E-state index contributed by atoms with van der Waals surface area (Å²) in [5.41, 5.74) is 3.60. The Bertz CT molecular complexity index is 1240. The largest absolute Gasteiger partial charge is 0.336 e. The van der Waals surface area contributed by atoms with Gasteiger partial charge in [0.05, 0.1) is 23.3 Å². The summed E-state index contributed by atoms with van der Waals surface area (Å²) in [6.45, 7) is 9.75. The number of aryl methyl sites for hydroxylation is 2. The highest BCUT2D eigenvalue weighted by Crippen LogP contribution is 2.53. The van der Waals surface area contributed by atoms with Crippen molar-refractivity contribution in [3.05, 3.63) is 47.7 Å². The molecule has 0 aromatic carbocycles. The second kappa shape index (κ2) is 9.19. The molecule has 2 amide bonds. The van der Waals surface area contributed by atoms with Crippen molar-refractivity contribution >= 4 is 17.5 Å². The summed E-state index contributed by atoms with van der Waals surface area (Å²) < 4.78 is 1.69. The van der Waals surface area contributed by atoms with Crippen LogP contribution in [0.4, 0.5) is 5.69 Å². The number of aromatic amines is 1. The monoisotopic (exact) mass is 489 g/mol. The first-order chi connectivity index (χ1) is 17.2. The third-order valence-corrected chi connectivity index (χ3v) is 7.57. The van der Waals surface area contributed by atoms with Crippen LogP contribution in [-0.4, -0.2) is 42.3 Å². The number of aromatic nitrogens is 5. The van der Waals surface area contributed by atoms with Crippen molar-refractivity contribution in [2.24, 2.45) is 17.8 Å². The summed E-state index contributed by atoms with van der Waals surface area (Å²) in [4.78, 5) is 31.9. The van der Waals surface area contributed by atoms with Crippen LogP contribution in [-0.2, 0) is 4.79 Å². The molecule has 190 valence electrons. The van der Waals surface area contributed by atoms with Crippen molar-refractivity contribution in [2.75, 3.05) is 5.32 Å². The number of rotatable bonds is 9. The molecule has 1 atom stereocenters. The standard InChI is InChI=1S/C27H35N7O2/c1-15(2)34-22(12-13-29-34)25(35)31-27(5,24(18-6-7-18)19-8-9-19)26(36)30-20-10-11-21(28-14-20)23-16(3)32-33-17(23)4/h10-15,18-19,24H,6-9H2,1-5H3,(H,30,36)(H,31,35)(H,32,33). The van der Waals surface area contributed by atoms with Crippen LogP contribution in [0.3, 0.4) is 0 Å². The molecule has 5 rings (SSSR count). The van der Waals surface area contributed by atoms with Crippen LogP contribution < -0.4 is 10.6 Å². The maximum Gasteiger partial charge on any atom is 0.270 e. The molecule has 0 spiro atoms. The topological polar surface area (TPSA) is 118 Å². The quantitative estimate of drug-likeness (QED) is 0.411. The van der Waals surface area contributed by atoms with Gasteiger partial charge in [-0.3, -0.25) is 24.4 Å². The SMILES string of the molecule is Cc1n[nH]c(C)c1-c1ccc(NC(=O)C(C)(NC(=O)c2ccnn2C(C)C)C(C2CC2)C2CC2)cn1. The molecular weight excluding hydrogens is 454 g/mol. The van der Waals surface area contributed by atoms with Crippen LogP contribution in [0.25, 0.3) is 11.3 Å². The van der Waals surface area contributed by atoms with E-state index in [0.717, 1.165) is 48.3 Å². The maximum atomic E-state index is 13.9. The summed E-state index contributed by atoms with van der Waals surface area (Å²) in [6, 6.07) is 5.48. The van der Waals surface area contributed by atoms with Crippen molar-refractivity contribution < 1.29 is 9.59 Å². The fourth-order valence-corrected chi connectivity index (χ4v) is 5.54. The number of hydrogen-bond acceptors (Lipinski definition) is 5. The van der Waals surface area contributed by atoms with Gasteiger partial charge >= 0.3 is 0 Å². The molecule has 0 saturated heterocycles. The summed E-state index contributed by atoms with van der Waals surface area (Å²) >= 11 is 0. The first-order valence-corrected chi connectivity index (χ1v) is 12.8. The van der Waals surface area contributed by atoms with E-state index in [1.165, 1.54) is 0 Å². The number of carbonyl (C=O) groups excluding carboxylic acids is 2.